The summed E-state index contributed by atoms with van der Waals surface area (Å²) >= 11 is 0. The van der Waals surface area contributed by atoms with E-state index in [1.807, 2.05) is 19.1 Å². The van der Waals surface area contributed by atoms with E-state index in [9.17, 15) is 10.1 Å². The van der Waals surface area contributed by atoms with Crippen molar-refractivity contribution in [2.45, 2.75) is 26.7 Å². The topological polar surface area (TPSA) is 68.1 Å². The van der Waals surface area contributed by atoms with Gasteiger partial charge in [-0.05, 0) is 24.0 Å². The van der Waals surface area contributed by atoms with Crippen molar-refractivity contribution >= 4 is 17.2 Å². The summed E-state index contributed by atoms with van der Waals surface area (Å²) < 4.78 is 0. The molecule has 0 aliphatic heterocycles. The molecule has 0 fully saturated rings. The maximum Gasteiger partial charge on any atom is 0.274 e. The molecule has 0 atom stereocenters. The molecule has 0 saturated carbocycles. The van der Waals surface area contributed by atoms with Gasteiger partial charge >= 0.3 is 0 Å². The monoisotopic (exact) mass is 271 g/mol. The summed E-state index contributed by atoms with van der Waals surface area (Å²) in [6, 6.07) is 8.89. The summed E-state index contributed by atoms with van der Waals surface area (Å²) in [5, 5.41) is 14.0. The number of pyridine rings is 1. The molecule has 2 aromatic rings. The molecule has 0 aliphatic rings. The van der Waals surface area contributed by atoms with Crippen LogP contribution in [0.3, 0.4) is 0 Å². The number of para-hydroxylation sites is 1. The van der Waals surface area contributed by atoms with Gasteiger partial charge in [0.15, 0.2) is 0 Å². The fraction of sp³-hybridized carbons (Fsp3) is 0.267. The number of hydrogen-bond donors (Lipinski definition) is 1. The van der Waals surface area contributed by atoms with Crippen LogP contribution in [0.2, 0.25) is 0 Å². The molecule has 1 N–H and O–H groups in total. The zero-order chi connectivity index (χ0) is 14.7. The minimum Gasteiger partial charge on any atom is -0.340 e. The van der Waals surface area contributed by atoms with Crippen LogP contribution in [-0.4, -0.2) is 9.91 Å². The summed E-state index contributed by atoms with van der Waals surface area (Å²) in [4.78, 5) is 14.5. The van der Waals surface area contributed by atoms with Crippen LogP contribution in [0.15, 0.2) is 36.5 Å². The van der Waals surface area contributed by atoms with E-state index in [1.165, 1.54) is 23.9 Å². The van der Waals surface area contributed by atoms with Crippen LogP contribution in [0.1, 0.15) is 30.9 Å². The SMILES string of the molecule is Cc1cccc(C(C)C)c1Nc1cc([N+](=O)[O-])ccn1. The average Bonchev–Trinajstić information content (AvgIpc) is 2.41. The number of aryl methyl sites for hydroxylation is 1. The first-order valence-electron chi connectivity index (χ1n) is 6.46. The summed E-state index contributed by atoms with van der Waals surface area (Å²) in [5.41, 5.74) is 3.25. The van der Waals surface area contributed by atoms with Gasteiger partial charge in [0.05, 0.1) is 11.0 Å². The molecular formula is C15H17N3O2. The first-order valence-corrected chi connectivity index (χ1v) is 6.46. The second-order valence-electron chi connectivity index (χ2n) is 4.98. The predicted molar refractivity (Wildman–Crippen MR) is 79.4 cm³/mol. The van der Waals surface area contributed by atoms with Crippen molar-refractivity contribution in [1.82, 2.24) is 4.98 Å². The van der Waals surface area contributed by atoms with Crippen LogP contribution < -0.4 is 5.32 Å². The number of nitrogens with one attached hydrogen (secondary N) is 1. The maximum absolute atomic E-state index is 10.8. The molecule has 0 unspecified atom stereocenters. The quantitative estimate of drug-likeness (QED) is 0.669. The van der Waals surface area contributed by atoms with Gasteiger partial charge in [-0.1, -0.05) is 32.0 Å². The van der Waals surface area contributed by atoms with Crippen molar-refractivity contribution in [2.75, 3.05) is 5.32 Å². The molecule has 0 aliphatic carbocycles. The first kappa shape index (κ1) is 14.0. The van der Waals surface area contributed by atoms with Crippen molar-refractivity contribution in [3.8, 4) is 0 Å². The number of anilines is 2. The fourth-order valence-corrected chi connectivity index (χ4v) is 2.07. The Morgan fingerprint density at radius 3 is 2.70 bits per heavy atom. The second-order valence-corrected chi connectivity index (χ2v) is 4.98. The van der Waals surface area contributed by atoms with Crippen molar-refractivity contribution in [3.63, 3.8) is 0 Å². The van der Waals surface area contributed by atoms with Gasteiger partial charge in [-0.15, -0.1) is 0 Å². The van der Waals surface area contributed by atoms with Gasteiger partial charge in [0, 0.05) is 18.0 Å². The van der Waals surface area contributed by atoms with Crippen molar-refractivity contribution < 1.29 is 4.92 Å². The molecule has 5 heteroatoms. The van der Waals surface area contributed by atoms with Gasteiger partial charge < -0.3 is 5.32 Å². The third-order valence-corrected chi connectivity index (χ3v) is 3.13. The highest BCUT2D eigenvalue weighted by atomic mass is 16.6. The lowest BCUT2D eigenvalue weighted by Crippen LogP contribution is -2.02. The van der Waals surface area contributed by atoms with Crippen molar-refractivity contribution in [2.24, 2.45) is 0 Å². The number of aromatic nitrogens is 1. The Labute approximate surface area is 117 Å². The first-order chi connectivity index (χ1) is 9.49. The van der Waals surface area contributed by atoms with Gasteiger partial charge in [-0.3, -0.25) is 10.1 Å². The van der Waals surface area contributed by atoms with E-state index in [1.54, 1.807) is 0 Å². The summed E-state index contributed by atoms with van der Waals surface area (Å²) in [6.45, 7) is 6.23. The number of hydrogen-bond acceptors (Lipinski definition) is 4. The Balaban J connectivity index is 2.39. The Morgan fingerprint density at radius 1 is 1.30 bits per heavy atom. The number of rotatable bonds is 4. The minimum atomic E-state index is -0.423. The van der Waals surface area contributed by atoms with Crippen molar-refractivity contribution in [3.05, 3.63) is 57.8 Å². The summed E-state index contributed by atoms with van der Waals surface area (Å²) in [6.07, 6.45) is 1.44. The third kappa shape index (κ3) is 2.93. The predicted octanol–water partition coefficient (Wildman–Crippen LogP) is 4.17. The van der Waals surface area contributed by atoms with Gasteiger partial charge in [0.2, 0.25) is 0 Å². The van der Waals surface area contributed by atoms with Crippen molar-refractivity contribution in [1.29, 1.82) is 0 Å². The molecule has 0 amide bonds. The Kier molecular flexibility index (Phi) is 3.98. The van der Waals surface area contributed by atoms with E-state index in [0.29, 0.717) is 11.7 Å². The molecule has 1 aromatic heterocycles. The van der Waals surface area contributed by atoms with Crippen LogP contribution >= 0.6 is 0 Å². The summed E-state index contributed by atoms with van der Waals surface area (Å²) in [5.74, 6) is 0.839. The van der Waals surface area contributed by atoms with E-state index in [0.717, 1.165) is 11.3 Å². The summed E-state index contributed by atoms with van der Waals surface area (Å²) in [7, 11) is 0. The van der Waals surface area contributed by atoms with E-state index < -0.39 is 4.92 Å². The second kappa shape index (κ2) is 5.69. The van der Waals surface area contributed by atoms with Crippen LogP contribution in [0.4, 0.5) is 17.2 Å². The van der Waals surface area contributed by atoms with Crippen LogP contribution in [-0.2, 0) is 0 Å². The largest absolute Gasteiger partial charge is 0.340 e. The Hall–Kier alpha value is -2.43. The minimum absolute atomic E-state index is 0.0298. The molecule has 20 heavy (non-hydrogen) atoms. The lowest BCUT2D eigenvalue weighted by atomic mass is 9.98. The van der Waals surface area contributed by atoms with E-state index in [4.69, 9.17) is 0 Å². The molecule has 0 radical (unpaired) electrons. The van der Waals surface area contributed by atoms with Gasteiger partial charge in [0.1, 0.15) is 5.82 Å². The van der Waals surface area contributed by atoms with Crippen LogP contribution in [0, 0.1) is 17.0 Å². The molecule has 104 valence electrons. The standard InChI is InChI=1S/C15H17N3O2/c1-10(2)13-6-4-5-11(3)15(13)17-14-9-12(18(19)20)7-8-16-14/h4-10H,1-3H3,(H,16,17). The smallest absolute Gasteiger partial charge is 0.274 e. The lowest BCUT2D eigenvalue weighted by molar-refractivity contribution is -0.384. The highest BCUT2D eigenvalue weighted by Crippen LogP contribution is 2.30. The van der Waals surface area contributed by atoms with E-state index in [-0.39, 0.29) is 5.69 Å². The van der Waals surface area contributed by atoms with Crippen LogP contribution in [0.25, 0.3) is 0 Å². The molecule has 2 rings (SSSR count). The average molecular weight is 271 g/mol. The molecule has 1 heterocycles. The van der Waals surface area contributed by atoms with Gasteiger partial charge in [0.25, 0.3) is 5.69 Å². The molecule has 0 saturated heterocycles. The molecule has 0 bridgehead atoms. The Bertz CT molecular complexity index is 639. The Morgan fingerprint density at radius 2 is 2.05 bits per heavy atom. The number of benzene rings is 1. The van der Waals surface area contributed by atoms with Gasteiger partial charge in [-0.2, -0.15) is 0 Å². The molecule has 1 aromatic carbocycles. The highest BCUT2D eigenvalue weighted by molar-refractivity contribution is 5.66. The maximum atomic E-state index is 10.8. The zero-order valence-electron chi connectivity index (χ0n) is 11.8. The van der Waals surface area contributed by atoms with E-state index in [2.05, 4.69) is 30.2 Å². The normalized spacial score (nSPS) is 10.6. The molecule has 0 spiro atoms. The van der Waals surface area contributed by atoms with Gasteiger partial charge in [-0.25, -0.2) is 4.98 Å². The van der Waals surface area contributed by atoms with E-state index >= 15 is 0 Å². The van der Waals surface area contributed by atoms with Crippen LogP contribution in [0.5, 0.6) is 0 Å². The highest BCUT2D eigenvalue weighted by Gasteiger charge is 2.12. The number of nitro groups is 1. The zero-order valence-corrected chi connectivity index (χ0v) is 11.8. The molecule has 5 nitrogen and oxygen atoms in total. The third-order valence-electron chi connectivity index (χ3n) is 3.13. The molecular weight excluding hydrogens is 254 g/mol. The lowest BCUT2D eigenvalue weighted by Gasteiger charge is -2.16. The fourth-order valence-electron chi connectivity index (χ4n) is 2.07. The number of nitrogens with zero attached hydrogens (tertiary/aromatic N) is 2.